The van der Waals surface area contributed by atoms with Crippen molar-refractivity contribution < 1.29 is 4.74 Å². The van der Waals surface area contributed by atoms with E-state index in [0.29, 0.717) is 10.9 Å². The fraction of sp³-hybridized carbons (Fsp3) is 0.400. The van der Waals surface area contributed by atoms with Crippen molar-refractivity contribution in [1.82, 2.24) is 5.32 Å². The van der Waals surface area contributed by atoms with Crippen LogP contribution in [0.5, 0.6) is 5.75 Å². The van der Waals surface area contributed by atoms with Crippen LogP contribution in [0.25, 0.3) is 0 Å². The molecule has 0 fully saturated rings. The molecule has 0 amide bonds. The summed E-state index contributed by atoms with van der Waals surface area (Å²) >= 11 is 6.44. The van der Waals surface area contributed by atoms with E-state index in [4.69, 9.17) is 16.3 Å². The molecule has 2 aromatic rings. The number of rotatable bonds is 7. The lowest BCUT2D eigenvalue weighted by Crippen LogP contribution is -2.44. The zero-order chi connectivity index (χ0) is 16.9. The third-order valence-electron chi connectivity index (χ3n) is 3.95. The molecule has 1 atom stereocenters. The second kappa shape index (κ2) is 7.85. The van der Waals surface area contributed by atoms with Crippen molar-refractivity contribution in [3.05, 3.63) is 64.7 Å². The molecule has 1 N–H and O–H groups in total. The Morgan fingerprint density at radius 2 is 1.83 bits per heavy atom. The molecule has 2 rings (SSSR count). The molecule has 0 radical (unpaired) electrons. The topological polar surface area (TPSA) is 21.3 Å². The molecule has 0 spiro atoms. The number of ether oxygens (including phenoxy) is 1. The molecule has 0 aliphatic heterocycles. The molecule has 0 aliphatic rings. The van der Waals surface area contributed by atoms with Gasteiger partial charge >= 0.3 is 0 Å². The van der Waals surface area contributed by atoms with Crippen molar-refractivity contribution in [3.8, 4) is 5.75 Å². The summed E-state index contributed by atoms with van der Waals surface area (Å²) < 4.78 is 6.32. The molecule has 2 aromatic carbocycles. The highest BCUT2D eigenvalue weighted by atomic mass is 35.5. The minimum Gasteiger partial charge on any atom is -0.484 e. The van der Waals surface area contributed by atoms with E-state index in [9.17, 15) is 0 Å². The Balaban J connectivity index is 2.21. The number of nitrogens with one attached hydrogen (secondary N) is 1. The molecule has 0 aromatic heterocycles. The minimum atomic E-state index is -0.362. The van der Waals surface area contributed by atoms with Crippen LogP contribution in [-0.4, -0.2) is 19.2 Å². The number of likely N-dealkylation sites (N-methyl/N-ethyl adjacent to an activating group) is 1. The maximum atomic E-state index is 6.44. The molecular formula is C20H26ClNO. The van der Waals surface area contributed by atoms with Crippen LogP contribution >= 0.6 is 11.6 Å². The quantitative estimate of drug-likeness (QED) is 0.765. The second-order valence-electron chi connectivity index (χ2n) is 6.59. The van der Waals surface area contributed by atoms with E-state index in [1.165, 1.54) is 11.1 Å². The molecule has 0 saturated heterocycles. The van der Waals surface area contributed by atoms with E-state index < -0.39 is 0 Å². The van der Waals surface area contributed by atoms with Crippen LogP contribution in [0.3, 0.4) is 0 Å². The van der Waals surface area contributed by atoms with Gasteiger partial charge in [0.25, 0.3) is 0 Å². The summed E-state index contributed by atoms with van der Waals surface area (Å²) in [6.07, 6.45) is 0.816. The first-order valence-corrected chi connectivity index (χ1v) is 8.48. The van der Waals surface area contributed by atoms with Gasteiger partial charge in [-0.1, -0.05) is 61.8 Å². The van der Waals surface area contributed by atoms with Gasteiger partial charge in [-0.15, -0.1) is 0 Å². The fourth-order valence-electron chi connectivity index (χ4n) is 2.76. The summed E-state index contributed by atoms with van der Waals surface area (Å²) in [6.45, 7) is 7.17. The zero-order valence-corrected chi connectivity index (χ0v) is 15.2. The Morgan fingerprint density at radius 3 is 2.39 bits per heavy atom. The molecule has 3 heteroatoms. The Morgan fingerprint density at radius 1 is 1.13 bits per heavy atom. The van der Waals surface area contributed by atoms with Gasteiger partial charge in [0, 0.05) is 13.0 Å². The average Bonchev–Trinajstić information content (AvgIpc) is 2.50. The SMILES string of the molecule is CNCC(C)(Cc1ccccc1)Oc1ccc(C(C)C)cc1Cl. The molecule has 1 unspecified atom stereocenters. The van der Waals surface area contributed by atoms with Crippen molar-refractivity contribution in [2.24, 2.45) is 0 Å². The van der Waals surface area contributed by atoms with E-state index >= 15 is 0 Å². The van der Waals surface area contributed by atoms with Gasteiger partial charge in [0.15, 0.2) is 0 Å². The molecule has 23 heavy (non-hydrogen) atoms. The monoisotopic (exact) mass is 331 g/mol. The van der Waals surface area contributed by atoms with Crippen LogP contribution in [0.1, 0.15) is 37.8 Å². The van der Waals surface area contributed by atoms with Crippen LogP contribution in [0.2, 0.25) is 5.02 Å². The fourth-order valence-corrected chi connectivity index (χ4v) is 2.99. The predicted octanol–water partition coefficient (Wildman–Crippen LogP) is 5.06. The van der Waals surface area contributed by atoms with Gasteiger partial charge < -0.3 is 10.1 Å². The molecule has 2 nitrogen and oxygen atoms in total. The largest absolute Gasteiger partial charge is 0.484 e. The third kappa shape index (κ3) is 4.98. The number of benzene rings is 2. The smallest absolute Gasteiger partial charge is 0.138 e. The van der Waals surface area contributed by atoms with E-state index in [2.05, 4.69) is 56.4 Å². The number of hydrogen-bond acceptors (Lipinski definition) is 2. The van der Waals surface area contributed by atoms with E-state index in [-0.39, 0.29) is 5.60 Å². The molecule has 124 valence electrons. The summed E-state index contributed by atoms with van der Waals surface area (Å²) in [7, 11) is 1.94. The Labute approximate surface area is 144 Å². The first-order chi connectivity index (χ1) is 10.9. The molecule has 0 aliphatic carbocycles. The third-order valence-corrected chi connectivity index (χ3v) is 4.25. The lowest BCUT2D eigenvalue weighted by Gasteiger charge is -2.31. The van der Waals surface area contributed by atoms with Crippen molar-refractivity contribution in [3.63, 3.8) is 0 Å². The lowest BCUT2D eigenvalue weighted by molar-refractivity contribution is 0.0903. The number of halogens is 1. The highest BCUT2D eigenvalue weighted by Crippen LogP contribution is 2.32. The van der Waals surface area contributed by atoms with Gasteiger partial charge in [0.05, 0.1) is 5.02 Å². The van der Waals surface area contributed by atoms with Crippen LogP contribution < -0.4 is 10.1 Å². The van der Waals surface area contributed by atoms with E-state index in [1.807, 2.05) is 25.2 Å². The maximum absolute atomic E-state index is 6.44. The normalized spacial score (nSPS) is 13.8. The standard InChI is InChI=1S/C20H26ClNO/c1-15(2)17-10-11-19(18(21)12-17)23-20(3,14-22-4)13-16-8-6-5-7-9-16/h5-12,15,22H,13-14H2,1-4H3. The van der Waals surface area contributed by atoms with Crippen molar-refractivity contribution in [1.29, 1.82) is 0 Å². The highest BCUT2D eigenvalue weighted by molar-refractivity contribution is 6.32. The van der Waals surface area contributed by atoms with Gasteiger partial charge in [-0.3, -0.25) is 0 Å². The average molecular weight is 332 g/mol. The summed E-state index contributed by atoms with van der Waals surface area (Å²) in [5.41, 5.74) is 2.11. The van der Waals surface area contributed by atoms with Gasteiger partial charge in [-0.05, 0) is 43.1 Å². The van der Waals surface area contributed by atoms with Crippen molar-refractivity contribution >= 4 is 11.6 Å². The first kappa shape index (κ1) is 17.8. The molecule has 0 heterocycles. The summed E-state index contributed by atoms with van der Waals surface area (Å²) in [6, 6.07) is 16.5. The van der Waals surface area contributed by atoms with Gasteiger partial charge in [0.2, 0.25) is 0 Å². The first-order valence-electron chi connectivity index (χ1n) is 8.10. The van der Waals surface area contributed by atoms with Crippen LogP contribution in [-0.2, 0) is 6.42 Å². The van der Waals surface area contributed by atoms with Gasteiger partial charge in [-0.2, -0.15) is 0 Å². The van der Waals surface area contributed by atoms with Crippen molar-refractivity contribution in [2.45, 2.75) is 38.7 Å². The van der Waals surface area contributed by atoms with Crippen LogP contribution in [0.4, 0.5) is 0 Å². The highest BCUT2D eigenvalue weighted by Gasteiger charge is 2.27. The Bertz CT molecular complexity index is 627. The maximum Gasteiger partial charge on any atom is 0.138 e. The number of hydrogen-bond donors (Lipinski definition) is 1. The predicted molar refractivity (Wildman–Crippen MR) is 98.6 cm³/mol. The van der Waals surface area contributed by atoms with E-state index in [1.54, 1.807) is 0 Å². The molecular weight excluding hydrogens is 306 g/mol. The summed E-state index contributed by atoms with van der Waals surface area (Å²) in [5.74, 6) is 1.19. The summed E-state index contributed by atoms with van der Waals surface area (Å²) in [4.78, 5) is 0. The van der Waals surface area contributed by atoms with Crippen LogP contribution in [0, 0.1) is 0 Å². The van der Waals surface area contributed by atoms with Crippen molar-refractivity contribution in [2.75, 3.05) is 13.6 Å². The summed E-state index contributed by atoms with van der Waals surface area (Å²) in [5, 5.41) is 3.90. The van der Waals surface area contributed by atoms with Gasteiger partial charge in [0.1, 0.15) is 11.4 Å². The minimum absolute atomic E-state index is 0.362. The molecule has 0 bridgehead atoms. The molecule has 0 saturated carbocycles. The zero-order valence-electron chi connectivity index (χ0n) is 14.4. The Hall–Kier alpha value is -1.51. The lowest BCUT2D eigenvalue weighted by atomic mass is 9.96. The Kier molecular flexibility index (Phi) is 6.09. The second-order valence-corrected chi connectivity index (χ2v) is 7.00. The van der Waals surface area contributed by atoms with Crippen LogP contribution in [0.15, 0.2) is 48.5 Å². The van der Waals surface area contributed by atoms with Gasteiger partial charge in [-0.25, -0.2) is 0 Å². The van der Waals surface area contributed by atoms with E-state index in [0.717, 1.165) is 18.7 Å².